The van der Waals surface area contributed by atoms with Gasteiger partial charge in [-0.05, 0) is 0 Å². The summed E-state index contributed by atoms with van der Waals surface area (Å²) < 4.78 is 0.559. The van der Waals surface area contributed by atoms with E-state index in [1.54, 1.807) is 0 Å². The van der Waals surface area contributed by atoms with E-state index in [9.17, 15) is 0 Å². The van der Waals surface area contributed by atoms with Crippen LogP contribution < -0.4 is 0 Å². The fourth-order valence-corrected chi connectivity index (χ4v) is 7.38. The van der Waals surface area contributed by atoms with Crippen molar-refractivity contribution in [3.63, 3.8) is 0 Å². The van der Waals surface area contributed by atoms with E-state index >= 15 is 0 Å². The predicted octanol–water partition coefficient (Wildman–Crippen LogP) is 3.90. The van der Waals surface area contributed by atoms with Gasteiger partial charge in [-0.15, -0.1) is 0 Å². The van der Waals surface area contributed by atoms with Gasteiger partial charge in [0.15, 0.2) is 0 Å². The molecule has 3 rings (SSSR count). The number of allylic oxidation sites excluding steroid dienone is 3. The van der Waals surface area contributed by atoms with Crippen molar-refractivity contribution in [3.05, 3.63) is 94.9 Å². The molecule has 0 fully saturated rings. The first-order chi connectivity index (χ1) is 9.45. The van der Waals surface area contributed by atoms with Crippen LogP contribution in [-0.2, 0) is 0 Å². The second-order valence-corrected chi connectivity index (χ2v) is 9.37. The molecule has 2 aromatic rings. The van der Waals surface area contributed by atoms with Gasteiger partial charge in [0.25, 0.3) is 0 Å². The van der Waals surface area contributed by atoms with Gasteiger partial charge in [-0.3, -0.25) is 0 Å². The Kier molecular flexibility index (Phi) is 3.90. The Bertz CT molecular complexity index is 582. The Morgan fingerprint density at radius 3 is 1.68 bits per heavy atom. The summed E-state index contributed by atoms with van der Waals surface area (Å²) in [5, 5.41) is 0. The third kappa shape index (κ3) is 2.85. The second-order valence-electron chi connectivity index (χ2n) is 4.67. The molecule has 0 amide bonds. The van der Waals surface area contributed by atoms with Gasteiger partial charge >= 0.3 is 118 Å². The van der Waals surface area contributed by atoms with Gasteiger partial charge < -0.3 is 0 Å². The van der Waals surface area contributed by atoms with Gasteiger partial charge in [0, 0.05) is 0 Å². The minimum atomic E-state index is -1.39. The molecule has 0 aromatic heterocycles. The fraction of sp³-hybridized carbons (Fsp3) is 0.0556. The average Bonchev–Trinajstić information content (AvgIpc) is 2.51. The first-order valence-corrected chi connectivity index (χ1v) is 10.2. The van der Waals surface area contributed by atoms with Crippen LogP contribution in [-0.4, -0.2) is 18.8 Å². The average molecular weight is 305 g/mol. The monoisotopic (exact) mass is 306 g/mol. The van der Waals surface area contributed by atoms with Gasteiger partial charge in [-0.1, -0.05) is 0 Å². The van der Waals surface area contributed by atoms with Crippen molar-refractivity contribution in [2.45, 2.75) is 4.75 Å². The van der Waals surface area contributed by atoms with Gasteiger partial charge in [-0.2, -0.15) is 0 Å². The zero-order valence-electron chi connectivity index (χ0n) is 10.7. The Balaban J connectivity index is 2.09. The van der Waals surface area contributed by atoms with Gasteiger partial charge in [0.2, 0.25) is 0 Å². The van der Waals surface area contributed by atoms with Crippen LogP contribution >= 0.6 is 0 Å². The molecule has 1 aliphatic heterocycles. The van der Waals surface area contributed by atoms with Crippen molar-refractivity contribution in [2.24, 2.45) is 0 Å². The molecule has 0 saturated carbocycles. The predicted molar refractivity (Wildman–Crippen MR) is 84.8 cm³/mol. The van der Waals surface area contributed by atoms with E-state index in [2.05, 4.69) is 88.7 Å². The Labute approximate surface area is 118 Å². The number of rotatable bonds is 3. The molecule has 1 aliphatic rings. The molecular formula is C18H16Ge. The Hall–Kier alpha value is -1.67. The van der Waals surface area contributed by atoms with Gasteiger partial charge in [0.1, 0.15) is 0 Å². The molecule has 0 spiro atoms. The molecule has 1 heteroatoms. The molecule has 2 aromatic carbocycles. The topological polar surface area (TPSA) is 0 Å². The standard InChI is InChI=1S/C18H16Ge/c1-4-10-16(11-5-1)18(17-12-6-2-7-13-17)19-14-8-3-9-15-19/h1-15,18H. The number of benzene rings is 2. The van der Waals surface area contributed by atoms with Crippen molar-refractivity contribution in [1.29, 1.82) is 0 Å². The molecule has 0 bridgehead atoms. The summed E-state index contributed by atoms with van der Waals surface area (Å²) in [6.07, 6.45) is 6.56. The van der Waals surface area contributed by atoms with Crippen molar-refractivity contribution >= 4 is 18.8 Å². The molecule has 0 unspecified atom stereocenters. The van der Waals surface area contributed by atoms with Crippen LogP contribution in [0.15, 0.2) is 83.8 Å². The van der Waals surface area contributed by atoms with Gasteiger partial charge in [-0.25, -0.2) is 0 Å². The number of hydrogen-bond donors (Lipinski definition) is 0. The minimum absolute atomic E-state index is 0.559. The van der Waals surface area contributed by atoms with Gasteiger partial charge in [0.05, 0.1) is 0 Å². The SMILES string of the molecule is C1=C[CH]=[Ge]([CH](c2ccccc2)c2ccccc2)[CH]=C1. The van der Waals surface area contributed by atoms with Crippen LogP contribution in [0.4, 0.5) is 0 Å². The molecule has 0 nitrogen and oxygen atoms in total. The maximum atomic E-state index is 2.45. The van der Waals surface area contributed by atoms with Crippen molar-refractivity contribution in [2.75, 3.05) is 0 Å². The quantitative estimate of drug-likeness (QED) is 0.755. The summed E-state index contributed by atoms with van der Waals surface area (Å²) in [7, 11) is 0. The molecule has 92 valence electrons. The van der Waals surface area contributed by atoms with Crippen molar-refractivity contribution in [3.8, 4) is 0 Å². The van der Waals surface area contributed by atoms with Crippen LogP contribution in [0.25, 0.3) is 0 Å². The molecular weight excluding hydrogens is 289 g/mol. The van der Waals surface area contributed by atoms with E-state index in [-0.39, 0.29) is 0 Å². The molecule has 19 heavy (non-hydrogen) atoms. The van der Waals surface area contributed by atoms with E-state index in [4.69, 9.17) is 0 Å². The normalized spacial score (nSPS) is 13.6. The summed E-state index contributed by atoms with van der Waals surface area (Å²) in [5.41, 5.74) is 2.89. The van der Waals surface area contributed by atoms with Crippen LogP contribution in [0.5, 0.6) is 0 Å². The maximum absolute atomic E-state index is 2.45. The zero-order chi connectivity index (χ0) is 12.9. The summed E-state index contributed by atoms with van der Waals surface area (Å²) in [4.78, 5) is 4.90. The van der Waals surface area contributed by atoms with Crippen LogP contribution in [0, 0.1) is 0 Å². The van der Waals surface area contributed by atoms with Crippen LogP contribution in [0.2, 0.25) is 0 Å². The third-order valence-corrected chi connectivity index (χ3v) is 8.62. The van der Waals surface area contributed by atoms with E-state index in [1.165, 1.54) is 11.1 Å². The molecule has 0 radical (unpaired) electrons. The first-order valence-electron chi connectivity index (χ1n) is 6.60. The summed E-state index contributed by atoms with van der Waals surface area (Å²) in [6, 6.07) is 21.8. The summed E-state index contributed by atoms with van der Waals surface area (Å²) >= 11 is -1.39. The fourth-order valence-electron chi connectivity index (χ4n) is 2.51. The van der Waals surface area contributed by atoms with Crippen LogP contribution in [0.3, 0.4) is 0 Å². The van der Waals surface area contributed by atoms with E-state index in [1.807, 2.05) is 0 Å². The van der Waals surface area contributed by atoms with E-state index < -0.39 is 13.9 Å². The summed E-state index contributed by atoms with van der Waals surface area (Å²) in [5.74, 6) is 0. The van der Waals surface area contributed by atoms with E-state index in [0.29, 0.717) is 4.75 Å². The van der Waals surface area contributed by atoms with Crippen molar-refractivity contribution < 1.29 is 0 Å². The van der Waals surface area contributed by atoms with Crippen LogP contribution in [0.1, 0.15) is 15.9 Å². The molecule has 0 N–H and O–H groups in total. The molecule has 1 heterocycles. The molecule has 0 saturated heterocycles. The molecule has 0 atom stereocenters. The van der Waals surface area contributed by atoms with E-state index in [0.717, 1.165) is 0 Å². The third-order valence-electron chi connectivity index (χ3n) is 3.40. The Morgan fingerprint density at radius 2 is 1.21 bits per heavy atom. The van der Waals surface area contributed by atoms with Crippen molar-refractivity contribution in [1.82, 2.24) is 0 Å². The summed E-state index contributed by atoms with van der Waals surface area (Å²) in [6.45, 7) is 0. The number of hydrogen-bond acceptors (Lipinski definition) is 0. The second kappa shape index (κ2) is 5.98. The zero-order valence-corrected chi connectivity index (χ0v) is 12.8. The Morgan fingerprint density at radius 1 is 0.632 bits per heavy atom. The molecule has 0 aliphatic carbocycles. The first kappa shape index (κ1) is 12.4.